The third kappa shape index (κ3) is 4.19. The standard InChI is InChI=1S/C17H25N5O3/c1-12(4-6-14-7-5-13(2)25-14)20-17(23)22-8-9-24-10-15(22)16-18-11-19-21(16)3/h5,7,11-12,15H,4,6,8-10H2,1-3H3,(H,20,23)/t12-,15+/m0/s1. The molecule has 8 nitrogen and oxygen atoms in total. The van der Waals surface area contributed by atoms with Crippen LogP contribution in [0.4, 0.5) is 4.79 Å². The summed E-state index contributed by atoms with van der Waals surface area (Å²) in [6.07, 6.45) is 3.11. The lowest BCUT2D eigenvalue weighted by Gasteiger charge is -2.35. The van der Waals surface area contributed by atoms with E-state index in [1.807, 2.05) is 33.0 Å². The molecule has 0 radical (unpaired) electrons. The van der Waals surface area contributed by atoms with E-state index in [1.165, 1.54) is 6.33 Å². The summed E-state index contributed by atoms with van der Waals surface area (Å²) >= 11 is 0. The number of ether oxygens (including phenoxy) is 1. The van der Waals surface area contributed by atoms with Crippen LogP contribution in [0.1, 0.15) is 36.7 Å². The number of hydrogen-bond donors (Lipinski definition) is 1. The van der Waals surface area contributed by atoms with Gasteiger partial charge >= 0.3 is 6.03 Å². The molecule has 0 aliphatic carbocycles. The molecule has 8 heteroatoms. The summed E-state index contributed by atoms with van der Waals surface area (Å²) in [5.74, 6) is 2.59. The SMILES string of the molecule is Cc1ccc(CC[C@H](C)NC(=O)N2CCOC[C@@H]2c2ncnn2C)o1. The maximum Gasteiger partial charge on any atom is 0.318 e. The van der Waals surface area contributed by atoms with Crippen molar-refractivity contribution in [1.82, 2.24) is 25.0 Å². The van der Waals surface area contributed by atoms with Crippen LogP contribution in [0.25, 0.3) is 0 Å². The van der Waals surface area contributed by atoms with Crippen molar-refractivity contribution in [3.05, 3.63) is 35.8 Å². The van der Waals surface area contributed by atoms with Crippen molar-refractivity contribution in [3.8, 4) is 0 Å². The van der Waals surface area contributed by atoms with Crippen LogP contribution in [-0.2, 0) is 18.2 Å². The molecule has 3 heterocycles. The van der Waals surface area contributed by atoms with E-state index in [0.29, 0.717) is 19.8 Å². The number of morpholine rings is 1. The molecule has 136 valence electrons. The number of rotatable bonds is 5. The minimum Gasteiger partial charge on any atom is -0.466 e. The summed E-state index contributed by atoms with van der Waals surface area (Å²) in [5.41, 5.74) is 0. The lowest BCUT2D eigenvalue weighted by molar-refractivity contribution is 0.00688. The van der Waals surface area contributed by atoms with Gasteiger partial charge in [-0.05, 0) is 32.4 Å². The van der Waals surface area contributed by atoms with E-state index in [-0.39, 0.29) is 18.1 Å². The Balaban J connectivity index is 1.57. The molecule has 0 unspecified atom stereocenters. The summed E-state index contributed by atoms with van der Waals surface area (Å²) in [7, 11) is 1.82. The molecule has 2 aromatic rings. The highest BCUT2D eigenvalue weighted by Crippen LogP contribution is 2.22. The Kier molecular flexibility index (Phi) is 5.37. The lowest BCUT2D eigenvalue weighted by Crippen LogP contribution is -2.50. The second-order valence-electron chi connectivity index (χ2n) is 6.43. The zero-order valence-corrected chi connectivity index (χ0v) is 14.9. The molecule has 3 rings (SSSR count). The van der Waals surface area contributed by atoms with Gasteiger partial charge in [0, 0.05) is 26.1 Å². The Labute approximate surface area is 147 Å². The summed E-state index contributed by atoms with van der Waals surface area (Å²) in [6, 6.07) is 3.66. The zero-order chi connectivity index (χ0) is 17.8. The van der Waals surface area contributed by atoms with E-state index in [0.717, 1.165) is 30.2 Å². The van der Waals surface area contributed by atoms with Crippen LogP contribution in [0.5, 0.6) is 0 Å². The van der Waals surface area contributed by atoms with Gasteiger partial charge < -0.3 is 19.4 Å². The molecule has 2 atom stereocenters. The van der Waals surface area contributed by atoms with Crippen LogP contribution in [0.3, 0.4) is 0 Å². The topological polar surface area (TPSA) is 85.4 Å². The van der Waals surface area contributed by atoms with Gasteiger partial charge in [0.1, 0.15) is 23.9 Å². The third-order valence-corrected chi connectivity index (χ3v) is 4.42. The van der Waals surface area contributed by atoms with Crippen molar-refractivity contribution in [1.29, 1.82) is 0 Å². The fourth-order valence-electron chi connectivity index (χ4n) is 3.01. The highest BCUT2D eigenvalue weighted by molar-refractivity contribution is 5.75. The number of furan rings is 1. The lowest BCUT2D eigenvalue weighted by atomic mass is 10.1. The van der Waals surface area contributed by atoms with E-state index in [1.54, 1.807) is 9.58 Å². The van der Waals surface area contributed by atoms with Crippen molar-refractivity contribution in [2.24, 2.45) is 7.05 Å². The molecule has 2 amide bonds. The monoisotopic (exact) mass is 347 g/mol. The quantitative estimate of drug-likeness (QED) is 0.892. The fraction of sp³-hybridized carbons (Fsp3) is 0.588. The minimum absolute atomic E-state index is 0.0425. The first-order chi connectivity index (χ1) is 12.0. The highest BCUT2D eigenvalue weighted by Gasteiger charge is 2.32. The number of amides is 2. The van der Waals surface area contributed by atoms with Gasteiger partial charge in [0.2, 0.25) is 0 Å². The van der Waals surface area contributed by atoms with E-state index >= 15 is 0 Å². The van der Waals surface area contributed by atoms with Crippen LogP contribution >= 0.6 is 0 Å². The second kappa shape index (κ2) is 7.69. The molecule has 1 saturated heterocycles. The first-order valence-electron chi connectivity index (χ1n) is 8.58. The molecule has 0 aromatic carbocycles. The van der Waals surface area contributed by atoms with Crippen LogP contribution in [0.2, 0.25) is 0 Å². The van der Waals surface area contributed by atoms with Crippen molar-refractivity contribution >= 4 is 6.03 Å². The van der Waals surface area contributed by atoms with Gasteiger partial charge in [-0.15, -0.1) is 0 Å². The molecule has 0 bridgehead atoms. The van der Waals surface area contributed by atoms with Crippen molar-refractivity contribution < 1.29 is 13.9 Å². The smallest absolute Gasteiger partial charge is 0.318 e. The zero-order valence-electron chi connectivity index (χ0n) is 14.9. The van der Waals surface area contributed by atoms with Crippen LogP contribution in [0.15, 0.2) is 22.9 Å². The maximum atomic E-state index is 12.7. The van der Waals surface area contributed by atoms with Gasteiger partial charge in [-0.1, -0.05) is 0 Å². The fourth-order valence-corrected chi connectivity index (χ4v) is 3.01. The first kappa shape index (κ1) is 17.5. The predicted molar refractivity (Wildman–Crippen MR) is 91.0 cm³/mol. The molecule has 1 fully saturated rings. The number of aromatic nitrogens is 3. The van der Waals surface area contributed by atoms with Gasteiger partial charge in [-0.2, -0.15) is 5.10 Å². The largest absolute Gasteiger partial charge is 0.466 e. The Morgan fingerprint density at radius 1 is 1.48 bits per heavy atom. The molecule has 1 aliphatic rings. The van der Waals surface area contributed by atoms with Crippen molar-refractivity contribution in [2.45, 2.75) is 38.8 Å². The van der Waals surface area contributed by atoms with Crippen LogP contribution in [-0.4, -0.2) is 51.5 Å². The number of aryl methyl sites for hydroxylation is 3. The number of carbonyl (C=O) groups is 1. The van der Waals surface area contributed by atoms with E-state index in [2.05, 4.69) is 15.4 Å². The van der Waals surface area contributed by atoms with Crippen molar-refractivity contribution in [2.75, 3.05) is 19.8 Å². The van der Waals surface area contributed by atoms with E-state index < -0.39 is 0 Å². The summed E-state index contributed by atoms with van der Waals surface area (Å²) < 4.78 is 12.8. The molecular formula is C17H25N5O3. The molecule has 0 saturated carbocycles. The van der Waals surface area contributed by atoms with Gasteiger partial charge in [0.05, 0.1) is 13.2 Å². The van der Waals surface area contributed by atoms with E-state index in [4.69, 9.17) is 9.15 Å². The average molecular weight is 347 g/mol. The minimum atomic E-state index is -0.221. The molecular weight excluding hydrogens is 322 g/mol. The first-order valence-corrected chi connectivity index (χ1v) is 8.58. The van der Waals surface area contributed by atoms with Gasteiger partial charge in [0.25, 0.3) is 0 Å². The normalized spacial score (nSPS) is 19.0. The molecule has 1 N–H and O–H groups in total. The maximum absolute atomic E-state index is 12.7. The predicted octanol–water partition coefficient (Wildman–Crippen LogP) is 1.82. The Morgan fingerprint density at radius 2 is 2.32 bits per heavy atom. The number of nitrogens with one attached hydrogen (secondary N) is 1. The average Bonchev–Trinajstić information content (AvgIpc) is 3.21. The number of carbonyl (C=O) groups excluding carboxylic acids is 1. The molecule has 0 spiro atoms. The second-order valence-corrected chi connectivity index (χ2v) is 6.43. The van der Waals surface area contributed by atoms with Crippen molar-refractivity contribution in [3.63, 3.8) is 0 Å². The number of nitrogens with zero attached hydrogens (tertiary/aromatic N) is 4. The van der Waals surface area contributed by atoms with Gasteiger partial charge in [-0.3, -0.25) is 4.68 Å². The highest BCUT2D eigenvalue weighted by atomic mass is 16.5. The van der Waals surface area contributed by atoms with Crippen LogP contribution in [0, 0.1) is 6.92 Å². The summed E-state index contributed by atoms with van der Waals surface area (Å²) in [4.78, 5) is 18.8. The van der Waals surface area contributed by atoms with Crippen LogP contribution < -0.4 is 5.32 Å². The summed E-state index contributed by atoms with van der Waals surface area (Å²) in [5, 5.41) is 7.16. The van der Waals surface area contributed by atoms with E-state index in [9.17, 15) is 4.79 Å². The van der Waals surface area contributed by atoms with Gasteiger partial charge in [0.15, 0.2) is 5.82 Å². The van der Waals surface area contributed by atoms with Gasteiger partial charge in [-0.25, -0.2) is 9.78 Å². The molecule has 2 aromatic heterocycles. The molecule has 1 aliphatic heterocycles. The number of urea groups is 1. The Bertz CT molecular complexity index is 711. The third-order valence-electron chi connectivity index (χ3n) is 4.42. The Morgan fingerprint density at radius 3 is 3.00 bits per heavy atom. The molecule has 25 heavy (non-hydrogen) atoms. The Hall–Kier alpha value is -2.35. The number of hydrogen-bond acceptors (Lipinski definition) is 5. The summed E-state index contributed by atoms with van der Waals surface area (Å²) in [6.45, 7) is 5.43.